The van der Waals surface area contributed by atoms with Crippen LogP contribution in [0, 0.1) is 0 Å². The number of ether oxygens (including phenoxy) is 5. The quantitative estimate of drug-likeness (QED) is 0.0805. The zero-order chi connectivity index (χ0) is 31.0. The van der Waals surface area contributed by atoms with E-state index in [9.17, 15) is 30.6 Å². The Morgan fingerprint density at radius 3 is 1.79 bits per heavy atom. The van der Waals surface area contributed by atoms with Gasteiger partial charge in [0.2, 0.25) is 0 Å². The van der Waals surface area contributed by atoms with Crippen molar-refractivity contribution in [2.75, 3.05) is 19.8 Å². The number of hydrogen-bond donors (Lipinski definition) is 10. The molecule has 248 valence electrons. The highest BCUT2D eigenvalue weighted by Gasteiger charge is 2.51. The summed E-state index contributed by atoms with van der Waals surface area (Å²) in [4.78, 5) is 0. The molecule has 3 fully saturated rings. The second kappa shape index (κ2) is 17.2. The van der Waals surface area contributed by atoms with Crippen LogP contribution in [-0.2, 0) is 23.7 Å². The fourth-order valence-electron chi connectivity index (χ4n) is 5.88. The third-order valence-corrected chi connectivity index (χ3v) is 8.51. The Kier molecular flexibility index (Phi) is 14.7. The van der Waals surface area contributed by atoms with Gasteiger partial charge in [0.15, 0.2) is 12.6 Å². The van der Waals surface area contributed by atoms with E-state index in [2.05, 4.69) is 6.92 Å². The summed E-state index contributed by atoms with van der Waals surface area (Å²) >= 11 is 0. The first-order valence-electron chi connectivity index (χ1n) is 15.3. The van der Waals surface area contributed by atoms with Crippen molar-refractivity contribution in [2.45, 2.75) is 150 Å². The first kappa shape index (κ1) is 35.9. The Bertz CT molecular complexity index is 772. The zero-order valence-corrected chi connectivity index (χ0v) is 24.5. The lowest BCUT2D eigenvalue weighted by atomic mass is 9.84. The Morgan fingerprint density at radius 1 is 0.667 bits per heavy atom. The largest absolute Gasteiger partial charge is 0.394 e. The summed E-state index contributed by atoms with van der Waals surface area (Å²) in [6.07, 6.45) is -7.53. The highest BCUT2D eigenvalue weighted by molar-refractivity contribution is 5.01. The summed E-state index contributed by atoms with van der Waals surface area (Å²) in [6.45, 7) is 1.98. The van der Waals surface area contributed by atoms with E-state index in [0.717, 1.165) is 19.3 Å². The molecular weight excluding hydrogens is 556 g/mol. The van der Waals surface area contributed by atoms with Crippen molar-refractivity contribution in [3.8, 4) is 0 Å². The van der Waals surface area contributed by atoms with Crippen LogP contribution in [0.4, 0.5) is 0 Å². The molecule has 42 heavy (non-hydrogen) atoms. The molecule has 0 aromatic carbocycles. The molecule has 3 rings (SSSR count). The molecule has 0 radical (unpaired) electrons. The van der Waals surface area contributed by atoms with Crippen LogP contribution in [-0.4, -0.2) is 142 Å². The standard InChI is InChI=1S/C27H54N4O11/c1-2-3-4-5-6-7-8-9-38-25-16(12-32)40-26(19(34)17(25)31)41-23-13(29)10-14(30)24(22(23)37)42-27-21(36)20(35)18(33)15(11-28)39-27/h13-27,32-37H,2-12,28-31H2,1H3/t13-,14+,15-,16-,17-,18-,19-,20+,21-,22-,23+,24-,25-,26-,27-/m1/s1. The second-order valence-electron chi connectivity index (χ2n) is 11.8. The van der Waals surface area contributed by atoms with Crippen LogP contribution in [0.2, 0.25) is 0 Å². The molecule has 1 saturated carbocycles. The Hall–Kier alpha value is -0.600. The van der Waals surface area contributed by atoms with Crippen LogP contribution in [0.1, 0.15) is 58.3 Å². The summed E-state index contributed by atoms with van der Waals surface area (Å²) in [7, 11) is 0. The van der Waals surface area contributed by atoms with E-state index in [1.54, 1.807) is 0 Å². The highest BCUT2D eigenvalue weighted by Crippen LogP contribution is 2.31. The van der Waals surface area contributed by atoms with Gasteiger partial charge in [-0.1, -0.05) is 45.4 Å². The number of aliphatic hydroxyl groups excluding tert-OH is 6. The number of rotatable bonds is 15. The topological polar surface area (TPSA) is 272 Å². The van der Waals surface area contributed by atoms with Crippen LogP contribution in [0.5, 0.6) is 0 Å². The highest BCUT2D eigenvalue weighted by atomic mass is 16.7. The van der Waals surface area contributed by atoms with Crippen LogP contribution < -0.4 is 22.9 Å². The summed E-state index contributed by atoms with van der Waals surface area (Å²) < 4.78 is 29.0. The maximum Gasteiger partial charge on any atom is 0.187 e. The van der Waals surface area contributed by atoms with E-state index in [1.807, 2.05) is 0 Å². The summed E-state index contributed by atoms with van der Waals surface area (Å²) in [5.74, 6) is 0. The van der Waals surface area contributed by atoms with Crippen molar-refractivity contribution >= 4 is 0 Å². The smallest absolute Gasteiger partial charge is 0.187 e. The van der Waals surface area contributed by atoms with Gasteiger partial charge in [0.25, 0.3) is 0 Å². The molecule has 2 aliphatic heterocycles. The van der Waals surface area contributed by atoms with Crippen LogP contribution in [0.25, 0.3) is 0 Å². The van der Waals surface area contributed by atoms with Gasteiger partial charge in [0.05, 0.1) is 12.6 Å². The van der Waals surface area contributed by atoms with E-state index in [-0.39, 0.29) is 13.0 Å². The molecule has 0 unspecified atom stereocenters. The van der Waals surface area contributed by atoms with Gasteiger partial charge in [0.1, 0.15) is 61.0 Å². The Morgan fingerprint density at radius 2 is 1.21 bits per heavy atom. The first-order valence-corrected chi connectivity index (χ1v) is 15.3. The predicted molar refractivity (Wildman–Crippen MR) is 150 cm³/mol. The van der Waals surface area contributed by atoms with Crippen molar-refractivity contribution in [1.82, 2.24) is 0 Å². The number of hydrogen-bond acceptors (Lipinski definition) is 15. The maximum atomic E-state index is 11.2. The number of nitrogens with two attached hydrogens (primary N) is 4. The monoisotopic (exact) mass is 610 g/mol. The SMILES string of the molecule is CCCCCCCCCO[C@H]1[C@H](N)[C@@H](O)[C@@H](O[C@@H]2[C@@H](O)[C@H](O[C@H]3O[C@H](CN)[C@@H](O)[C@H](O)[C@H]3O)[C@@H](N)C[C@H]2N)O[C@@H]1CO. The number of aliphatic hydroxyl groups is 6. The summed E-state index contributed by atoms with van der Waals surface area (Å²) in [5.41, 5.74) is 24.4. The molecule has 0 spiro atoms. The Balaban J connectivity index is 1.58. The van der Waals surface area contributed by atoms with Crippen LogP contribution in [0.15, 0.2) is 0 Å². The van der Waals surface area contributed by atoms with Crippen LogP contribution in [0.3, 0.4) is 0 Å². The van der Waals surface area contributed by atoms with E-state index in [0.29, 0.717) is 6.61 Å². The minimum atomic E-state index is -1.65. The molecule has 0 aromatic rings. The van der Waals surface area contributed by atoms with Crippen LogP contribution >= 0.6 is 0 Å². The molecule has 1 aliphatic carbocycles. The van der Waals surface area contributed by atoms with Gasteiger partial charge in [-0.25, -0.2) is 0 Å². The van der Waals surface area contributed by atoms with E-state index >= 15 is 0 Å². The molecule has 15 heteroatoms. The third-order valence-electron chi connectivity index (χ3n) is 8.51. The molecule has 2 saturated heterocycles. The summed E-state index contributed by atoms with van der Waals surface area (Å²) in [6, 6.07) is -2.58. The maximum absolute atomic E-state index is 11.2. The second-order valence-corrected chi connectivity index (χ2v) is 11.8. The van der Waals surface area contributed by atoms with Gasteiger partial charge in [-0.05, 0) is 12.8 Å². The minimum Gasteiger partial charge on any atom is -0.394 e. The van der Waals surface area contributed by atoms with Crippen molar-refractivity contribution in [1.29, 1.82) is 0 Å². The van der Waals surface area contributed by atoms with Crippen molar-refractivity contribution in [2.24, 2.45) is 22.9 Å². The average Bonchev–Trinajstić information content (AvgIpc) is 2.97. The molecular formula is C27H54N4O11. The fraction of sp³-hybridized carbons (Fsp3) is 1.00. The van der Waals surface area contributed by atoms with Crippen molar-refractivity contribution < 1.29 is 54.3 Å². The molecule has 2 heterocycles. The van der Waals surface area contributed by atoms with Gasteiger partial charge < -0.3 is 77.3 Å². The molecule has 15 atom stereocenters. The lowest BCUT2D eigenvalue weighted by Gasteiger charge is -2.48. The molecule has 3 aliphatic rings. The summed E-state index contributed by atoms with van der Waals surface area (Å²) in [5, 5.41) is 62.8. The molecule has 15 nitrogen and oxygen atoms in total. The van der Waals surface area contributed by atoms with E-state index in [4.69, 9.17) is 46.6 Å². The van der Waals surface area contributed by atoms with Gasteiger partial charge >= 0.3 is 0 Å². The van der Waals surface area contributed by atoms with Gasteiger partial charge in [-0.15, -0.1) is 0 Å². The zero-order valence-electron chi connectivity index (χ0n) is 24.5. The molecule has 0 aromatic heterocycles. The lowest BCUT2D eigenvalue weighted by Crippen LogP contribution is -2.68. The van der Waals surface area contributed by atoms with E-state index < -0.39 is 98.4 Å². The van der Waals surface area contributed by atoms with E-state index in [1.165, 1.54) is 25.7 Å². The minimum absolute atomic E-state index is 0.114. The van der Waals surface area contributed by atoms with Crippen molar-refractivity contribution in [3.63, 3.8) is 0 Å². The van der Waals surface area contributed by atoms with Gasteiger partial charge in [-0.2, -0.15) is 0 Å². The Labute approximate surface area is 247 Å². The average molecular weight is 611 g/mol. The molecule has 14 N–H and O–H groups in total. The lowest BCUT2D eigenvalue weighted by molar-refractivity contribution is -0.333. The first-order chi connectivity index (χ1) is 20.0. The van der Waals surface area contributed by atoms with Gasteiger partial charge in [0, 0.05) is 25.2 Å². The normalized spacial score (nSPS) is 44.8. The predicted octanol–water partition coefficient (Wildman–Crippen LogP) is -3.52. The fourth-order valence-corrected chi connectivity index (χ4v) is 5.88. The van der Waals surface area contributed by atoms with Crippen molar-refractivity contribution in [3.05, 3.63) is 0 Å². The van der Waals surface area contributed by atoms with Gasteiger partial charge in [-0.3, -0.25) is 0 Å². The molecule has 0 amide bonds. The number of unbranched alkanes of at least 4 members (excludes halogenated alkanes) is 6. The molecule has 0 bridgehead atoms. The third kappa shape index (κ3) is 8.77.